The van der Waals surface area contributed by atoms with Gasteiger partial charge < -0.3 is 20.1 Å². The third-order valence-electron chi connectivity index (χ3n) is 2.77. The Bertz CT molecular complexity index is 568. The summed E-state index contributed by atoms with van der Waals surface area (Å²) in [5.41, 5.74) is 7.45. The molecule has 19 heavy (non-hydrogen) atoms. The van der Waals surface area contributed by atoms with Crippen molar-refractivity contribution in [3.63, 3.8) is 0 Å². The highest BCUT2D eigenvalue weighted by Gasteiger charge is 2.04. The molecule has 0 aromatic heterocycles. The summed E-state index contributed by atoms with van der Waals surface area (Å²) in [5.74, 6) is 2.08. The highest BCUT2D eigenvalue weighted by atomic mass is 16.5. The van der Waals surface area contributed by atoms with Gasteiger partial charge in [0.1, 0.15) is 17.2 Å². The average molecular weight is 258 g/mol. The van der Waals surface area contributed by atoms with E-state index >= 15 is 0 Å². The molecule has 0 aliphatic carbocycles. The van der Waals surface area contributed by atoms with Crippen LogP contribution in [0.1, 0.15) is 0 Å². The zero-order chi connectivity index (χ0) is 13.8. The number of rotatable bonds is 4. The third kappa shape index (κ3) is 3.10. The number of hydrogen-bond donors (Lipinski definition) is 1. The van der Waals surface area contributed by atoms with E-state index in [1.165, 1.54) is 0 Å². The van der Waals surface area contributed by atoms with E-state index in [9.17, 15) is 0 Å². The Labute approximate surface area is 113 Å². The predicted molar refractivity (Wildman–Crippen MR) is 78.2 cm³/mol. The molecule has 0 aliphatic rings. The number of nitrogen functional groups attached to an aromatic ring is 1. The van der Waals surface area contributed by atoms with Gasteiger partial charge in [0.2, 0.25) is 0 Å². The summed E-state index contributed by atoms with van der Waals surface area (Å²) in [5, 5.41) is 0. The van der Waals surface area contributed by atoms with Crippen LogP contribution in [0.3, 0.4) is 0 Å². The van der Waals surface area contributed by atoms with Gasteiger partial charge in [-0.1, -0.05) is 6.07 Å². The van der Waals surface area contributed by atoms with E-state index in [1.807, 2.05) is 49.3 Å². The molecule has 4 nitrogen and oxygen atoms in total. The second-order valence-corrected chi connectivity index (χ2v) is 4.40. The summed E-state index contributed by atoms with van der Waals surface area (Å²) in [7, 11) is 5.57. The van der Waals surface area contributed by atoms with E-state index in [4.69, 9.17) is 15.2 Å². The van der Waals surface area contributed by atoms with E-state index in [1.54, 1.807) is 19.2 Å². The van der Waals surface area contributed by atoms with Crippen LogP contribution in [0.15, 0.2) is 42.5 Å². The number of nitrogens with zero attached hydrogens (tertiary/aromatic N) is 1. The average Bonchev–Trinajstić information content (AvgIpc) is 2.41. The number of nitrogens with two attached hydrogens (primary N) is 1. The molecule has 0 saturated carbocycles. The normalized spacial score (nSPS) is 10.1. The molecule has 0 fully saturated rings. The molecule has 0 aliphatic heterocycles. The Morgan fingerprint density at radius 1 is 1.00 bits per heavy atom. The molecule has 0 amide bonds. The quantitative estimate of drug-likeness (QED) is 0.856. The van der Waals surface area contributed by atoms with Crippen LogP contribution in [-0.4, -0.2) is 21.2 Å². The van der Waals surface area contributed by atoms with Crippen LogP contribution in [0, 0.1) is 0 Å². The maximum absolute atomic E-state index is 5.80. The lowest BCUT2D eigenvalue weighted by atomic mass is 10.2. The number of hydrogen-bond acceptors (Lipinski definition) is 4. The molecule has 0 heterocycles. The minimum Gasteiger partial charge on any atom is -0.494 e. The maximum Gasteiger partial charge on any atom is 0.145 e. The molecule has 2 rings (SSSR count). The number of methoxy groups -OCH3 is 1. The molecule has 2 N–H and O–H groups in total. The Morgan fingerprint density at radius 2 is 1.74 bits per heavy atom. The van der Waals surface area contributed by atoms with Crippen molar-refractivity contribution in [3.8, 4) is 17.2 Å². The molecule has 0 unspecified atom stereocenters. The molecule has 2 aromatic carbocycles. The summed E-state index contributed by atoms with van der Waals surface area (Å²) in [6, 6.07) is 13.2. The summed E-state index contributed by atoms with van der Waals surface area (Å²) in [4.78, 5) is 2.02. The smallest absolute Gasteiger partial charge is 0.145 e. The molecule has 0 spiro atoms. The van der Waals surface area contributed by atoms with Gasteiger partial charge in [0.25, 0.3) is 0 Å². The zero-order valence-electron chi connectivity index (χ0n) is 11.4. The first-order chi connectivity index (χ1) is 9.10. The fourth-order valence-electron chi connectivity index (χ4n) is 1.72. The van der Waals surface area contributed by atoms with Gasteiger partial charge in [0, 0.05) is 31.9 Å². The topological polar surface area (TPSA) is 47.7 Å². The third-order valence-corrected chi connectivity index (χ3v) is 2.77. The fourth-order valence-corrected chi connectivity index (χ4v) is 1.72. The number of anilines is 2. The van der Waals surface area contributed by atoms with Gasteiger partial charge in [-0.25, -0.2) is 0 Å². The molecule has 0 saturated heterocycles. The lowest BCUT2D eigenvalue weighted by Gasteiger charge is -2.14. The summed E-state index contributed by atoms with van der Waals surface area (Å²) in [6.07, 6.45) is 0. The van der Waals surface area contributed by atoms with E-state index in [-0.39, 0.29) is 0 Å². The van der Waals surface area contributed by atoms with Crippen LogP contribution in [0.5, 0.6) is 17.2 Å². The molecule has 4 heteroatoms. The van der Waals surface area contributed by atoms with E-state index in [0.717, 1.165) is 11.4 Å². The van der Waals surface area contributed by atoms with Crippen LogP contribution in [0.4, 0.5) is 11.4 Å². The van der Waals surface area contributed by atoms with Crippen LogP contribution in [0.25, 0.3) is 0 Å². The molecule has 0 bridgehead atoms. The van der Waals surface area contributed by atoms with Crippen molar-refractivity contribution < 1.29 is 9.47 Å². The summed E-state index contributed by atoms with van der Waals surface area (Å²) in [6.45, 7) is 0. The van der Waals surface area contributed by atoms with Crippen LogP contribution in [0.2, 0.25) is 0 Å². The first-order valence-corrected chi connectivity index (χ1v) is 5.99. The molecular weight excluding hydrogens is 240 g/mol. The minimum atomic E-state index is 0.594. The van der Waals surface area contributed by atoms with Gasteiger partial charge in [0.05, 0.1) is 12.8 Å². The first kappa shape index (κ1) is 13.1. The minimum absolute atomic E-state index is 0.594. The molecule has 2 aromatic rings. The molecule has 0 atom stereocenters. The molecule has 0 radical (unpaired) electrons. The standard InChI is InChI=1S/C15H18N2O2/c1-17(2)11-5-4-6-12(9-11)19-13-7-8-14(16)15(10-13)18-3/h4-10H,16H2,1-3H3. The molecule has 100 valence electrons. The van der Waals surface area contributed by atoms with Crippen molar-refractivity contribution in [2.45, 2.75) is 0 Å². The number of benzene rings is 2. The lowest BCUT2D eigenvalue weighted by molar-refractivity contribution is 0.411. The van der Waals surface area contributed by atoms with Crippen LogP contribution >= 0.6 is 0 Å². The largest absolute Gasteiger partial charge is 0.494 e. The van der Waals surface area contributed by atoms with Crippen molar-refractivity contribution in [2.24, 2.45) is 0 Å². The second-order valence-electron chi connectivity index (χ2n) is 4.40. The van der Waals surface area contributed by atoms with E-state index in [2.05, 4.69) is 0 Å². The number of ether oxygens (including phenoxy) is 2. The first-order valence-electron chi connectivity index (χ1n) is 5.99. The SMILES string of the molecule is COc1cc(Oc2cccc(N(C)C)c2)ccc1N. The van der Waals surface area contributed by atoms with Gasteiger partial charge in [0.15, 0.2) is 0 Å². The van der Waals surface area contributed by atoms with Gasteiger partial charge in [-0.05, 0) is 24.3 Å². The van der Waals surface area contributed by atoms with E-state index < -0.39 is 0 Å². The Kier molecular flexibility index (Phi) is 3.80. The Hall–Kier alpha value is -2.36. The monoisotopic (exact) mass is 258 g/mol. The summed E-state index contributed by atoms with van der Waals surface area (Å²) < 4.78 is 11.0. The maximum atomic E-state index is 5.80. The Morgan fingerprint density at radius 3 is 2.42 bits per heavy atom. The van der Waals surface area contributed by atoms with Crippen molar-refractivity contribution in [2.75, 3.05) is 31.8 Å². The zero-order valence-corrected chi connectivity index (χ0v) is 11.4. The van der Waals surface area contributed by atoms with Crippen molar-refractivity contribution in [1.29, 1.82) is 0 Å². The van der Waals surface area contributed by atoms with Gasteiger partial charge in [-0.15, -0.1) is 0 Å². The second kappa shape index (κ2) is 5.52. The predicted octanol–water partition coefficient (Wildman–Crippen LogP) is 3.14. The van der Waals surface area contributed by atoms with E-state index in [0.29, 0.717) is 17.2 Å². The van der Waals surface area contributed by atoms with Crippen LogP contribution < -0.4 is 20.1 Å². The fraction of sp³-hybridized carbons (Fsp3) is 0.200. The summed E-state index contributed by atoms with van der Waals surface area (Å²) >= 11 is 0. The Balaban J connectivity index is 2.23. The van der Waals surface area contributed by atoms with Gasteiger partial charge in [-0.2, -0.15) is 0 Å². The van der Waals surface area contributed by atoms with Gasteiger partial charge >= 0.3 is 0 Å². The van der Waals surface area contributed by atoms with Crippen molar-refractivity contribution >= 4 is 11.4 Å². The molecular formula is C15H18N2O2. The van der Waals surface area contributed by atoms with Crippen molar-refractivity contribution in [1.82, 2.24) is 0 Å². The highest BCUT2D eigenvalue weighted by molar-refractivity contribution is 5.56. The lowest BCUT2D eigenvalue weighted by Crippen LogP contribution is -2.08. The van der Waals surface area contributed by atoms with Crippen LogP contribution in [-0.2, 0) is 0 Å². The van der Waals surface area contributed by atoms with Crippen molar-refractivity contribution in [3.05, 3.63) is 42.5 Å². The van der Waals surface area contributed by atoms with Gasteiger partial charge in [-0.3, -0.25) is 0 Å². The highest BCUT2D eigenvalue weighted by Crippen LogP contribution is 2.30.